The van der Waals surface area contributed by atoms with E-state index < -0.39 is 40.6 Å². The molecule has 1 spiro atoms. The molecule has 0 saturated carbocycles. The molecule has 1 N–H and O–H groups in total. The lowest BCUT2D eigenvalue weighted by molar-refractivity contribution is -0.143. The number of halogens is 8. The summed E-state index contributed by atoms with van der Waals surface area (Å²) < 4.78 is 95.5. The van der Waals surface area contributed by atoms with Crippen LogP contribution in [0, 0.1) is 5.92 Å². The molecule has 0 radical (unpaired) electrons. The molecule has 0 bridgehead atoms. The maximum atomic E-state index is 13.9. The zero-order valence-corrected chi connectivity index (χ0v) is 37.7. The molecule has 1 aliphatic carbocycles. The van der Waals surface area contributed by atoms with Crippen molar-refractivity contribution < 1.29 is 55.3 Å². The molecule has 3 aromatic carbocycles. The topological polar surface area (TPSA) is 103 Å². The van der Waals surface area contributed by atoms with Crippen molar-refractivity contribution in [3.8, 4) is 0 Å². The second-order valence-corrected chi connectivity index (χ2v) is 18.6. The van der Waals surface area contributed by atoms with Gasteiger partial charge in [-0.2, -0.15) is 26.3 Å². The number of nitrogens with zero attached hydrogens (tertiary/aromatic N) is 4. The molecule has 4 aliphatic rings. The molecular weight excluding hydrogens is 901 g/mol. The summed E-state index contributed by atoms with van der Waals surface area (Å²) in [6.07, 6.45) is -5.71. The van der Waals surface area contributed by atoms with Crippen LogP contribution in [0.25, 0.3) is 0 Å². The molecule has 65 heavy (non-hydrogen) atoms. The second kappa shape index (κ2) is 20.1. The molecule has 0 aromatic heterocycles. The van der Waals surface area contributed by atoms with Gasteiger partial charge in [-0.15, -0.1) is 0 Å². The summed E-state index contributed by atoms with van der Waals surface area (Å²) in [6.45, 7) is 3.15. The summed E-state index contributed by atoms with van der Waals surface area (Å²) in [4.78, 5) is 46.9. The van der Waals surface area contributed by atoms with E-state index in [1.54, 1.807) is 30.1 Å². The number of amides is 3. The number of carbonyl (C=O) groups is 3. The average Bonchev–Trinajstić information content (AvgIpc) is 3.59. The van der Waals surface area contributed by atoms with E-state index in [0.29, 0.717) is 95.5 Å². The number of carbonyl (C=O) groups excluding carboxylic acids is 3. The number of likely N-dealkylation sites (tertiary alicyclic amines) is 2. The number of hydrogen-bond acceptors (Lipinski definition) is 7. The number of fused-ring (bicyclic) bond motifs is 2. The number of aliphatic hydroxyl groups excluding tert-OH is 1. The Morgan fingerprint density at radius 3 is 2.20 bits per heavy atom. The Balaban J connectivity index is 1.01. The molecule has 354 valence electrons. The molecule has 18 heteroatoms. The predicted molar refractivity (Wildman–Crippen MR) is 232 cm³/mol. The molecular formula is C47H54Cl2F6N4O6. The predicted octanol–water partition coefficient (Wildman–Crippen LogP) is 8.23. The summed E-state index contributed by atoms with van der Waals surface area (Å²) in [5.74, 6) is -0.870. The first-order chi connectivity index (χ1) is 30.8. The minimum Gasteiger partial charge on any atom is -0.396 e. The first-order valence-corrected chi connectivity index (χ1v) is 22.8. The highest BCUT2D eigenvalue weighted by molar-refractivity contribution is 6.42. The number of ether oxygens (including phenoxy) is 2. The van der Waals surface area contributed by atoms with E-state index in [2.05, 4.69) is 17.0 Å². The molecule has 10 nitrogen and oxygen atoms in total. The SMILES string of the molecule is CN(CCCC(=O)N1CCC(CO)CC1)C(=O)CO[C@H]1Cc2ccccc2C12CCN(CC[C@@]1(c3ccc(Cl)c(Cl)c3)CN(C(=O)c3cc(C(F)(F)F)cc(C(F)(F)F)c3)CCO1)CC2. The smallest absolute Gasteiger partial charge is 0.396 e. The van der Waals surface area contributed by atoms with Crippen molar-refractivity contribution in [1.29, 1.82) is 0 Å². The van der Waals surface area contributed by atoms with E-state index in [1.807, 2.05) is 17.0 Å². The van der Waals surface area contributed by atoms with E-state index in [1.165, 1.54) is 10.5 Å². The lowest BCUT2D eigenvalue weighted by atomic mass is 9.72. The molecule has 0 unspecified atom stereocenters. The standard InChI is InChI=1S/C47H54Cl2F6N4O6/c1-56(15-4-7-41(61)58-16-10-31(28-60)11-17-58)42(62)29-64-40-25-32-5-2-3-6-37(32)44(40)12-18-57(19-13-44)20-14-45(34-8-9-38(48)39(49)27-34)30-59(21-22-65-45)43(63)33-23-35(46(50,51)52)26-36(24-33)47(53,54)55/h2-3,5-6,8-9,23-24,26-27,31,40,60H,4,7,10-22,25,28-30H2,1H3/t40-,45-/m0/s1. The third-order valence-electron chi connectivity index (χ3n) is 13.9. The highest BCUT2D eigenvalue weighted by Gasteiger charge is 2.50. The minimum atomic E-state index is -5.12. The van der Waals surface area contributed by atoms with Crippen molar-refractivity contribution in [3.05, 3.63) is 104 Å². The summed E-state index contributed by atoms with van der Waals surface area (Å²) in [5, 5.41) is 9.87. The Morgan fingerprint density at radius 1 is 0.877 bits per heavy atom. The number of hydrogen-bond donors (Lipinski definition) is 1. The van der Waals surface area contributed by atoms with Gasteiger partial charge < -0.3 is 34.2 Å². The van der Waals surface area contributed by atoms with E-state index >= 15 is 0 Å². The fraction of sp³-hybridized carbons (Fsp3) is 0.553. The van der Waals surface area contributed by atoms with Gasteiger partial charge in [-0.05, 0) is 111 Å². The number of rotatable bonds is 13. The van der Waals surface area contributed by atoms with Gasteiger partial charge in [-0.1, -0.05) is 53.5 Å². The zero-order valence-electron chi connectivity index (χ0n) is 36.2. The Kier molecular flexibility index (Phi) is 15.2. The van der Waals surface area contributed by atoms with Crippen LogP contribution in [0.4, 0.5) is 26.3 Å². The van der Waals surface area contributed by atoms with Gasteiger partial charge in [-0.3, -0.25) is 14.4 Å². The molecule has 3 aliphatic heterocycles. The van der Waals surface area contributed by atoms with Gasteiger partial charge in [-0.25, -0.2) is 0 Å². The molecule has 3 heterocycles. The summed E-state index contributed by atoms with van der Waals surface area (Å²) in [7, 11) is 1.71. The number of piperidine rings is 2. The van der Waals surface area contributed by atoms with E-state index in [0.717, 1.165) is 18.4 Å². The maximum Gasteiger partial charge on any atom is 0.416 e. The van der Waals surface area contributed by atoms with Gasteiger partial charge in [0.1, 0.15) is 12.2 Å². The van der Waals surface area contributed by atoms with E-state index in [4.69, 9.17) is 32.7 Å². The number of aliphatic hydroxyl groups is 1. The summed E-state index contributed by atoms with van der Waals surface area (Å²) in [5.41, 5.74) is -2.60. The van der Waals surface area contributed by atoms with Gasteiger partial charge in [0.15, 0.2) is 0 Å². The van der Waals surface area contributed by atoms with Gasteiger partial charge >= 0.3 is 12.4 Å². The second-order valence-electron chi connectivity index (χ2n) is 17.8. The van der Waals surface area contributed by atoms with Crippen molar-refractivity contribution in [3.63, 3.8) is 0 Å². The third kappa shape index (κ3) is 11.1. The lowest BCUT2D eigenvalue weighted by Crippen LogP contribution is -2.54. The molecule has 3 fully saturated rings. The Morgan fingerprint density at radius 2 is 1.55 bits per heavy atom. The Bertz CT molecular complexity index is 2160. The lowest BCUT2D eigenvalue weighted by Gasteiger charge is -2.46. The van der Waals surface area contributed by atoms with Crippen LogP contribution in [0.1, 0.15) is 83.1 Å². The highest BCUT2D eigenvalue weighted by Crippen LogP contribution is 2.48. The normalized spacial score (nSPS) is 21.7. The third-order valence-corrected chi connectivity index (χ3v) is 14.6. The molecule has 3 amide bonds. The van der Waals surface area contributed by atoms with Crippen LogP contribution in [-0.4, -0.2) is 128 Å². The van der Waals surface area contributed by atoms with Crippen LogP contribution in [0.3, 0.4) is 0 Å². The summed E-state index contributed by atoms with van der Waals surface area (Å²) >= 11 is 12.7. The van der Waals surface area contributed by atoms with Gasteiger partial charge in [0.2, 0.25) is 11.8 Å². The van der Waals surface area contributed by atoms with Crippen LogP contribution in [0.15, 0.2) is 60.7 Å². The number of alkyl halides is 6. The molecule has 3 saturated heterocycles. The van der Waals surface area contributed by atoms with E-state index in [-0.39, 0.29) is 78.3 Å². The van der Waals surface area contributed by atoms with Crippen molar-refractivity contribution in [1.82, 2.24) is 19.6 Å². The molecule has 3 aromatic rings. The van der Waals surface area contributed by atoms with Gasteiger partial charge in [0, 0.05) is 63.8 Å². The fourth-order valence-corrected chi connectivity index (χ4v) is 10.2. The van der Waals surface area contributed by atoms with Crippen molar-refractivity contribution in [2.24, 2.45) is 5.92 Å². The number of benzene rings is 3. The Labute approximate surface area is 384 Å². The minimum absolute atomic E-state index is 0.00408. The quantitative estimate of drug-likeness (QED) is 0.172. The van der Waals surface area contributed by atoms with Crippen LogP contribution in [0.5, 0.6) is 0 Å². The Hall–Kier alpha value is -3.93. The number of morpholine rings is 1. The molecule has 2 atom stereocenters. The maximum absolute atomic E-state index is 13.9. The van der Waals surface area contributed by atoms with Gasteiger partial charge in [0.25, 0.3) is 5.91 Å². The average molecular weight is 956 g/mol. The van der Waals surface area contributed by atoms with Crippen molar-refractivity contribution in [2.75, 3.05) is 79.2 Å². The van der Waals surface area contributed by atoms with E-state index in [9.17, 15) is 45.8 Å². The monoisotopic (exact) mass is 954 g/mol. The zero-order chi connectivity index (χ0) is 46.7. The van der Waals surface area contributed by atoms with Crippen molar-refractivity contribution >= 4 is 40.9 Å². The number of likely N-dealkylation sites (N-methyl/N-ethyl adjacent to an activating group) is 1. The van der Waals surface area contributed by atoms with Crippen LogP contribution in [0.2, 0.25) is 10.0 Å². The summed E-state index contributed by atoms with van der Waals surface area (Å²) in [6, 6.07) is 14.0. The largest absolute Gasteiger partial charge is 0.416 e. The fourth-order valence-electron chi connectivity index (χ4n) is 9.94. The van der Waals surface area contributed by atoms with Crippen molar-refractivity contribution in [2.45, 2.75) is 80.8 Å². The first-order valence-electron chi connectivity index (χ1n) is 22.0. The highest BCUT2D eigenvalue weighted by atomic mass is 35.5. The van der Waals surface area contributed by atoms with Crippen LogP contribution >= 0.6 is 23.2 Å². The van der Waals surface area contributed by atoms with Crippen LogP contribution in [-0.2, 0) is 48.9 Å². The molecule has 7 rings (SSSR count). The first kappa shape index (κ1) is 49.0. The van der Waals surface area contributed by atoms with Crippen LogP contribution < -0.4 is 0 Å². The van der Waals surface area contributed by atoms with Gasteiger partial charge in [0.05, 0.1) is 40.4 Å².